The average molecular weight is 329 g/mol. The molecule has 2 aromatic rings. The highest BCUT2D eigenvalue weighted by Crippen LogP contribution is 2.60. The van der Waals surface area contributed by atoms with Crippen LogP contribution in [0.25, 0.3) is 5.69 Å². The molecule has 0 amide bonds. The Hall–Kier alpha value is -1.49. The molecule has 23 heavy (non-hydrogen) atoms. The third-order valence-electron chi connectivity index (χ3n) is 6.27. The fraction of sp³-hybridized carbons (Fsp3) is 0.556. The minimum atomic E-state index is -0.222. The summed E-state index contributed by atoms with van der Waals surface area (Å²) >= 11 is 5.49. The minimum absolute atomic E-state index is 0.163. The molecule has 1 aromatic carbocycles. The summed E-state index contributed by atoms with van der Waals surface area (Å²) in [6.45, 7) is 0. The van der Waals surface area contributed by atoms with Gasteiger partial charge in [-0.05, 0) is 92.8 Å². The van der Waals surface area contributed by atoms with Crippen molar-refractivity contribution in [3.63, 3.8) is 0 Å². The molecule has 3 nitrogen and oxygen atoms in total. The van der Waals surface area contributed by atoms with Crippen molar-refractivity contribution in [3.8, 4) is 5.69 Å². The molecule has 4 bridgehead atoms. The summed E-state index contributed by atoms with van der Waals surface area (Å²) in [5.41, 5.74) is 1.08. The Morgan fingerprint density at radius 3 is 2.17 bits per heavy atom. The van der Waals surface area contributed by atoms with Gasteiger partial charge in [0.05, 0.1) is 0 Å². The maximum absolute atomic E-state index is 13.3. The molecule has 120 valence electrons. The Morgan fingerprint density at radius 2 is 1.61 bits per heavy atom. The number of aromatic nitrogens is 3. The van der Waals surface area contributed by atoms with Crippen LogP contribution >= 0.6 is 12.2 Å². The zero-order valence-corrected chi connectivity index (χ0v) is 13.8. The van der Waals surface area contributed by atoms with Crippen molar-refractivity contribution in [2.24, 2.45) is 17.8 Å². The number of nitrogens with one attached hydrogen (secondary N) is 1. The van der Waals surface area contributed by atoms with Crippen LogP contribution in [0.15, 0.2) is 24.3 Å². The lowest BCUT2D eigenvalue weighted by atomic mass is 9.49. The van der Waals surface area contributed by atoms with E-state index >= 15 is 0 Å². The van der Waals surface area contributed by atoms with E-state index in [1.165, 1.54) is 50.7 Å². The second kappa shape index (κ2) is 4.76. The number of H-pyrrole nitrogens is 1. The molecule has 0 unspecified atom stereocenters. The molecule has 4 aliphatic carbocycles. The van der Waals surface area contributed by atoms with Crippen molar-refractivity contribution in [2.75, 3.05) is 0 Å². The van der Waals surface area contributed by atoms with Gasteiger partial charge in [0.1, 0.15) is 11.6 Å². The first-order valence-electron chi connectivity index (χ1n) is 8.57. The summed E-state index contributed by atoms with van der Waals surface area (Å²) in [4.78, 5) is 0. The maximum atomic E-state index is 13.3. The van der Waals surface area contributed by atoms with Crippen LogP contribution in [0.4, 0.5) is 4.39 Å². The Kier molecular flexibility index (Phi) is 2.88. The first-order chi connectivity index (χ1) is 11.1. The summed E-state index contributed by atoms with van der Waals surface area (Å²) in [7, 11) is 0. The number of benzene rings is 1. The monoisotopic (exact) mass is 329 g/mol. The SMILES string of the molecule is Fc1ccc(-n2c(C34CC5CC(CC(C5)C3)C4)n[nH]c2=S)cc1. The molecule has 0 atom stereocenters. The molecule has 4 aliphatic rings. The molecule has 4 fully saturated rings. The minimum Gasteiger partial charge on any atom is -0.272 e. The van der Waals surface area contributed by atoms with Gasteiger partial charge in [-0.1, -0.05) is 0 Å². The lowest BCUT2D eigenvalue weighted by Crippen LogP contribution is -2.49. The third-order valence-corrected chi connectivity index (χ3v) is 6.54. The van der Waals surface area contributed by atoms with E-state index in [0.29, 0.717) is 4.77 Å². The van der Waals surface area contributed by atoms with Crippen LogP contribution in [0.2, 0.25) is 0 Å². The predicted molar refractivity (Wildman–Crippen MR) is 88.6 cm³/mol. The highest BCUT2D eigenvalue weighted by atomic mass is 32.1. The number of hydrogen-bond acceptors (Lipinski definition) is 2. The van der Waals surface area contributed by atoms with Crippen LogP contribution in [0.3, 0.4) is 0 Å². The van der Waals surface area contributed by atoms with E-state index in [1.807, 2.05) is 4.57 Å². The van der Waals surface area contributed by atoms with Gasteiger partial charge in [-0.25, -0.2) is 4.39 Å². The molecule has 4 saturated carbocycles. The molecule has 0 spiro atoms. The van der Waals surface area contributed by atoms with E-state index in [-0.39, 0.29) is 11.2 Å². The fourth-order valence-corrected chi connectivity index (χ4v) is 6.10. The summed E-state index contributed by atoms with van der Waals surface area (Å²) < 4.78 is 15.9. The largest absolute Gasteiger partial charge is 0.272 e. The van der Waals surface area contributed by atoms with E-state index in [1.54, 1.807) is 12.1 Å². The number of aromatic amines is 1. The van der Waals surface area contributed by atoms with Gasteiger partial charge in [-0.2, -0.15) is 5.10 Å². The van der Waals surface area contributed by atoms with E-state index in [2.05, 4.69) is 10.2 Å². The van der Waals surface area contributed by atoms with Gasteiger partial charge in [-0.3, -0.25) is 9.67 Å². The molecule has 0 radical (unpaired) electrons. The lowest BCUT2D eigenvalue weighted by Gasteiger charge is -2.56. The highest BCUT2D eigenvalue weighted by Gasteiger charge is 2.53. The van der Waals surface area contributed by atoms with Gasteiger partial charge in [0.2, 0.25) is 0 Å². The van der Waals surface area contributed by atoms with Gasteiger partial charge in [-0.15, -0.1) is 0 Å². The molecule has 5 heteroatoms. The molecular weight excluding hydrogens is 309 g/mol. The van der Waals surface area contributed by atoms with E-state index in [9.17, 15) is 4.39 Å². The van der Waals surface area contributed by atoms with Crippen LogP contribution in [0.5, 0.6) is 0 Å². The Labute approximate surface area is 139 Å². The fourth-order valence-electron chi connectivity index (χ4n) is 5.87. The molecule has 6 rings (SSSR count). The smallest absolute Gasteiger partial charge is 0.199 e. The molecule has 0 saturated heterocycles. The first-order valence-corrected chi connectivity index (χ1v) is 8.98. The van der Waals surface area contributed by atoms with Crippen LogP contribution in [0.1, 0.15) is 44.3 Å². The summed E-state index contributed by atoms with van der Waals surface area (Å²) in [5.74, 6) is 3.42. The Balaban J connectivity index is 1.64. The van der Waals surface area contributed by atoms with E-state index in [0.717, 1.165) is 29.3 Å². The Bertz CT molecular complexity index is 769. The summed E-state index contributed by atoms with van der Waals surface area (Å²) in [5, 5.41) is 7.65. The predicted octanol–water partition coefficient (Wildman–Crippen LogP) is 4.54. The van der Waals surface area contributed by atoms with Crippen LogP contribution in [0, 0.1) is 28.3 Å². The van der Waals surface area contributed by atoms with Crippen LogP contribution in [-0.2, 0) is 5.41 Å². The summed E-state index contributed by atoms with van der Waals surface area (Å²) in [6.07, 6.45) is 7.92. The van der Waals surface area contributed by atoms with Crippen molar-refractivity contribution >= 4 is 12.2 Å². The number of rotatable bonds is 2. The van der Waals surface area contributed by atoms with Crippen LogP contribution < -0.4 is 0 Å². The van der Waals surface area contributed by atoms with Crippen molar-refractivity contribution in [1.82, 2.24) is 14.8 Å². The molecule has 1 aromatic heterocycles. The second-order valence-corrected chi connectivity index (χ2v) is 8.25. The second-order valence-electron chi connectivity index (χ2n) is 7.86. The average Bonchev–Trinajstić information content (AvgIpc) is 2.89. The van der Waals surface area contributed by atoms with Gasteiger partial charge in [0.25, 0.3) is 0 Å². The first kappa shape index (κ1) is 13.9. The van der Waals surface area contributed by atoms with Crippen molar-refractivity contribution < 1.29 is 4.39 Å². The standard InChI is InChI=1S/C18H20FN3S/c19-14-1-3-15(4-2-14)22-16(20-21-17(22)23)18-8-11-5-12(9-18)7-13(6-11)10-18/h1-4,11-13H,5-10H2,(H,21,23). The zero-order valence-electron chi connectivity index (χ0n) is 13.0. The molecular formula is C18H20FN3S. The van der Waals surface area contributed by atoms with Gasteiger partial charge < -0.3 is 0 Å². The normalized spacial score (nSPS) is 34.9. The van der Waals surface area contributed by atoms with Crippen LogP contribution in [-0.4, -0.2) is 14.8 Å². The number of halogens is 1. The zero-order chi connectivity index (χ0) is 15.6. The van der Waals surface area contributed by atoms with E-state index in [4.69, 9.17) is 12.2 Å². The van der Waals surface area contributed by atoms with E-state index < -0.39 is 0 Å². The summed E-state index contributed by atoms with van der Waals surface area (Å²) in [6, 6.07) is 6.58. The maximum Gasteiger partial charge on any atom is 0.199 e. The Morgan fingerprint density at radius 1 is 1.04 bits per heavy atom. The third kappa shape index (κ3) is 2.05. The van der Waals surface area contributed by atoms with Crippen molar-refractivity contribution in [3.05, 3.63) is 40.7 Å². The van der Waals surface area contributed by atoms with Crippen molar-refractivity contribution in [2.45, 2.75) is 43.9 Å². The molecule has 0 aliphatic heterocycles. The lowest BCUT2D eigenvalue weighted by molar-refractivity contribution is -0.0102. The molecule has 1 heterocycles. The van der Waals surface area contributed by atoms with Gasteiger partial charge in [0.15, 0.2) is 4.77 Å². The number of nitrogens with zero attached hydrogens (tertiary/aromatic N) is 2. The highest BCUT2D eigenvalue weighted by molar-refractivity contribution is 7.71. The number of hydrogen-bond donors (Lipinski definition) is 1. The van der Waals surface area contributed by atoms with Crippen molar-refractivity contribution in [1.29, 1.82) is 0 Å². The van der Waals surface area contributed by atoms with Gasteiger partial charge >= 0.3 is 0 Å². The topological polar surface area (TPSA) is 33.6 Å². The molecule has 1 N–H and O–H groups in total. The quantitative estimate of drug-likeness (QED) is 0.821. The van der Waals surface area contributed by atoms with Gasteiger partial charge in [0, 0.05) is 11.1 Å².